The normalized spacial score (nSPS) is 22.6. The van der Waals surface area contributed by atoms with E-state index in [1.54, 1.807) is 30.0 Å². The summed E-state index contributed by atoms with van der Waals surface area (Å²) < 4.78 is 16.8. The molecule has 6 N–H and O–H groups in total. The van der Waals surface area contributed by atoms with E-state index in [2.05, 4.69) is 51.9 Å². The van der Waals surface area contributed by atoms with E-state index in [-0.39, 0.29) is 22.9 Å². The SMILES string of the molecule is CC(C)NC1NC(c2cc(=O)c3ccc(OCCN4CCOCC4)c(Cl)c3[nH]2)=CS1.CCCC(NC(=O)C1CCCN1C(=O)[C@@H](NC(=O)OC1CCC(C)C1)C(C)(C)C)C(=O)O. The second-order valence-electron chi connectivity index (χ2n) is 17.9. The first-order valence-electron chi connectivity index (χ1n) is 21.9. The third kappa shape index (κ3) is 13.5. The molecular weight excluding hydrogens is 838 g/mol. The van der Waals surface area contributed by atoms with Gasteiger partial charge in [0, 0.05) is 43.7 Å². The third-order valence-electron chi connectivity index (χ3n) is 11.4. The monoisotopic (exact) mass is 903 g/mol. The highest BCUT2D eigenvalue weighted by molar-refractivity contribution is 8.03. The molecule has 3 fully saturated rings. The van der Waals surface area contributed by atoms with Crippen molar-refractivity contribution in [3.63, 3.8) is 0 Å². The number of carbonyl (C=O) groups excluding carboxylic acids is 3. The third-order valence-corrected chi connectivity index (χ3v) is 12.7. The molecule has 18 heteroatoms. The van der Waals surface area contributed by atoms with Crippen molar-refractivity contribution in [3.05, 3.63) is 44.5 Å². The Morgan fingerprint density at radius 2 is 1.82 bits per heavy atom. The number of likely N-dealkylation sites (tertiary alicyclic amines) is 1. The maximum atomic E-state index is 13.4. The molecule has 62 heavy (non-hydrogen) atoms. The van der Waals surface area contributed by atoms with Gasteiger partial charge in [-0.05, 0) is 81.2 Å². The van der Waals surface area contributed by atoms with E-state index >= 15 is 0 Å². The summed E-state index contributed by atoms with van der Waals surface area (Å²) in [6, 6.07) is 2.89. The van der Waals surface area contributed by atoms with E-state index in [0.29, 0.717) is 78.2 Å². The van der Waals surface area contributed by atoms with Crippen LogP contribution in [0.3, 0.4) is 0 Å². The van der Waals surface area contributed by atoms with Gasteiger partial charge in [-0.1, -0.05) is 64.4 Å². The number of alkyl carbamates (subject to hydrolysis) is 1. The highest BCUT2D eigenvalue weighted by Crippen LogP contribution is 2.33. The van der Waals surface area contributed by atoms with Crippen molar-refractivity contribution in [1.82, 2.24) is 36.1 Å². The van der Waals surface area contributed by atoms with Crippen LogP contribution in [-0.2, 0) is 23.9 Å². The van der Waals surface area contributed by atoms with Gasteiger partial charge in [0.05, 0.1) is 30.1 Å². The first-order valence-corrected chi connectivity index (χ1v) is 23.2. The second-order valence-corrected chi connectivity index (χ2v) is 19.3. The molecule has 4 aliphatic rings. The topological polar surface area (TPSA) is 204 Å². The number of ether oxygens (including phenoxy) is 3. The largest absolute Gasteiger partial charge is 0.491 e. The fourth-order valence-electron chi connectivity index (χ4n) is 8.00. The van der Waals surface area contributed by atoms with Crippen LogP contribution in [0.1, 0.15) is 99.1 Å². The summed E-state index contributed by atoms with van der Waals surface area (Å²) in [4.78, 5) is 70.0. The number of nitrogens with zero attached hydrogens (tertiary/aromatic N) is 2. The predicted octanol–water partition coefficient (Wildman–Crippen LogP) is 5.49. The zero-order valence-electron chi connectivity index (χ0n) is 37.1. The minimum absolute atomic E-state index is 0.0736. The molecule has 2 aromatic rings. The number of morpholine rings is 1. The molecule has 3 aliphatic heterocycles. The molecule has 4 heterocycles. The summed E-state index contributed by atoms with van der Waals surface area (Å²) in [5, 5.41) is 24.4. The Kier molecular flexibility index (Phi) is 17.8. The number of carboxylic acid groups (broad SMARTS) is 1. The molecule has 0 bridgehead atoms. The van der Waals surface area contributed by atoms with Gasteiger partial charge in [-0.3, -0.25) is 24.6 Å². The Morgan fingerprint density at radius 1 is 1.08 bits per heavy atom. The molecular formula is C44H66ClN7O9S. The van der Waals surface area contributed by atoms with Gasteiger partial charge >= 0.3 is 12.1 Å². The Hall–Kier alpha value is -4.03. The van der Waals surface area contributed by atoms with Crippen molar-refractivity contribution in [1.29, 1.82) is 0 Å². The fourth-order valence-corrected chi connectivity index (χ4v) is 9.28. The number of rotatable bonds is 15. The number of fused-ring (bicyclic) bond motifs is 1. The lowest BCUT2D eigenvalue weighted by molar-refractivity contribution is -0.145. The van der Waals surface area contributed by atoms with Gasteiger partial charge in [-0.15, -0.1) is 0 Å². The Labute approximate surface area is 373 Å². The summed E-state index contributed by atoms with van der Waals surface area (Å²) in [5.74, 6) is -0.818. The van der Waals surface area contributed by atoms with Crippen LogP contribution in [0.15, 0.2) is 28.4 Å². The number of nitrogens with one attached hydrogen (secondary N) is 5. The van der Waals surface area contributed by atoms with Gasteiger partial charge in [0.1, 0.15) is 47.1 Å². The van der Waals surface area contributed by atoms with E-state index in [0.717, 1.165) is 57.8 Å². The molecule has 6 rings (SSSR count). The van der Waals surface area contributed by atoms with E-state index in [9.17, 15) is 29.1 Å². The maximum absolute atomic E-state index is 13.4. The Balaban J connectivity index is 0.000000234. The number of carbonyl (C=O) groups is 4. The molecule has 1 saturated carbocycles. The van der Waals surface area contributed by atoms with Gasteiger partial charge in [0.25, 0.3) is 0 Å². The number of carboxylic acids is 1. The highest BCUT2D eigenvalue weighted by Gasteiger charge is 2.43. The van der Waals surface area contributed by atoms with Crippen LogP contribution in [0, 0.1) is 11.3 Å². The van der Waals surface area contributed by atoms with Crippen molar-refractivity contribution in [2.45, 2.75) is 129 Å². The van der Waals surface area contributed by atoms with Crippen LogP contribution in [0.5, 0.6) is 5.75 Å². The van der Waals surface area contributed by atoms with Crippen LogP contribution in [-0.4, -0.2) is 126 Å². The molecule has 16 nitrogen and oxygen atoms in total. The van der Waals surface area contributed by atoms with E-state index in [1.165, 1.54) is 4.90 Å². The zero-order valence-corrected chi connectivity index (χ0v) is 38.7. The highest BCUT2D eigenvalue weighted by atomic mass is 35.5. The van der Waals surface area contributed by atoms with Gasteiger partial charge < -0.3 is 45.2 Å². The minimum Gasteiger partial charge on any atom is -0.491 e. The summed E-state index contributed by atoms with van der Waals surface area (Å²) in [5.41, 5.74) is 1.57. The van der Waals surface area contributed by atoms with Crippen LogP contribution < -0.4 is 31.4 Å². The smallest absolute Gasteiger partial charge is 0.408 e. The molecule has 1 aliphatic carbocycles. The number of H-pyrrole nitrogens is 1. The van der Waals surface area contributed by atoms with Crippen LogP contribution in [0.25, 0.3) is 16.6 Å². The van der Waals surface area contributed by atoms with Gasteiger partial charge in [-0.25, -0.2) is 9.59 Å². The predicted molar refractivity (Wildman–Crippen MR) is 242 cm³/mol. The van der Waals surface area contributed by atoms with Crippen LogP contribution in [0.2, 0.25) is 5.02 Å². The molecule has 6 atom stereocenters. The van der Waals surface area contributed by atoms with E-state index in [1.807, 2.05) is 33.1 Å². The van der Waals surface area contributed by atoms with Crippen molar-refractivity contribution in [3.8, 4) is 5.75 Å². The number of aliphatic carboxylic acids is 1. The number of hydrogen-bond acceptors (Lipinski definition) is 12. The molecule has 0 radical (unpaired) electrons. The lowest BCUT2D eigenvalue weighted by atomic mass is 9.85. The summed E-state index contributed by atoms with van der Waals surface area (Å²) in [6.45, 7) is 18.8. The zero-order chi connectivity index (χ0) is 45.1. The molecule has 1 aromatic carbocycles. The summed E-state index contributed by atoms with van der Waals surface area (Å²) in [6.07, 6.45) is 3.91. The molecule has 3 amide bonds. The molecule has 0 spiro atoms. The Morgan fingerprint density at radius 3 is 2.47 bits per heavy atom. The number of benzene rings is 1. The van der Waals surface area contributed by atoms with E-state index < -0.39 is 41.5 Å². The number of amides is 3. The van der Waals surface area contributed by atoms with Crippen molar-refractivity contribution in [2.75, 3.05) is 46.0 Å². The van der Waals surface area contributed by atoms with Crippen LogP contribution in [0.4, 0.5) is 4.79 Å². The minimum atomic E-state index is -1.09. The lowest BCUT2D eigenvalue weighted by Crippen LogP contribution is -2.58. The fraction of sp³-hybridized carbons (Fsp3) is 0.659. The van der Waals surface area contributed by atoms with Crippen molar-refractivity contribution in [2.24, 2.45) is 11.3 Å². The number of halogens is 1. The quantitative estimate of drug-likeness (QED) is 0.131. The molecule has 5 unspecified atom stereocenters. The van der Waals surface area contributed by atoms with Gasteiger partial charge in [-0.2, -0.15) is 0 Å². The Bertz CT molecular complexity index is 1970. The number of aromatic nitrogens is 1. The van der Waals surface area contributed by atoms with Crippen molar-refractivity contribution < 1.29 is 38.5 Å². The van der Waals surface area contributed by atoms with Gasteiger partial charge in [0.2, 0.25) is 11.8 Å². The molecule has 1 aromatic heterocycles. The second kappa shape index (κ2) is 22.5. The average Bonchev–Trinajstić information content (AvgIpc) is 3.99. The molecule has 2 saturated heterocycles. The summed E-state index contributed by atoms with van der Waals surface area (Å²) in [7, 11) is 0. The molecule has 344 valence electrons. The standard InChI is InChI=1S/C23H39N3O6.C21H27ClN4O3S/c1-6-8-16(21(29)30)24-19(27)17-9-7-12-26(17)20(28)18(23(3,4)5)25-22(31)32-15-11-10-14(2)13-15;1-13(2)23-21-25-16(12-30-21)15-11-17(27)14-3-4-18(19(22)20(14)24-15)29-10-7-26-5-8-28-9-6-26/h14-18H,6-13H2,1-5H3,(H,24,27)(H,25,31)(H,29,30);3-4,11-13,21,23,25H,5-10H2,1-2H3,(H,24,27)/t14?,15?,16?,17?,18-;/m1./s1. The van der Waals surface area contributed by atoms with Crippen molar-refractivity contribution >= 4 is 63.8 Å². The first-order chi connectivity index (χ1) is 29.4. The number of pyridine rings is 1. The maximum Gasteiger partial charge on any atom is 0.408 e. The number of thioether (sulfide) groups is 1. The average molecular weight is 905 g/mol. The lowest BCUT2D eigenvalue weighted by Gasteiger charge is -2.35. The van der Waals surface area contributed by atoms with Crippen LogP contribution >= 0.6 is 23.4 Å². The first kappa shape index (κ1) is 49.0. The number of hydrogen-bond donors (Lipinski definition) is 6. The number of aromatic amines is 1. The summed E-state index contributed by atoms with van der Waals surface area (Å²) >= 11 is 8.26. The van der Waals surface area contributed by atoms with E-state index in [4.69, 9.17) is 25.8 Å². The van der Waals surface area contributed by atoms with Gasteiger partial charge in [0.15, 0.2) is 5.43 Å².